The number of carbonyl (C=O) groups is 5. The number of carbonyl (C=O) groups excluding carboxylic acids is 4. The predicted molar refractivity (Wildman–Crippen MR) is 279 cm³/mol. The summed E-state index contributed by atoms with van der Waals surface area (Å²) in [6.45, 7) is 7.33. The molecule has 0 aliphatic carbocycles. The average Bonchev–Trinajstić information content (AvgIpc) is 3.61. The van der Waals surface area contributed by atoms with E-state index in [1.807, 2.05) is 0 Å². The lowest BCUT2D eigenvalue weighted by molar-refractivity contribution is -0.437. The third kappa shape index (κ3) is 20.1. The van der Waals surface area contributed by atoms with Gasteiger partial charge in [-0.05, 0) is 57.9 Å². The minimum absolute atomic E-state index is 0. The van der Waals surface area contributed by atoms with E-state index in [1.165, 1.54) is 24.3 Å². The number of amides is 4. The normalized spacial score (nSPS) is 15.2. The molecular formula is C45H64N6O21S5. The standard InChI is InChI=1S/C44H60N6O18S4.CH4.O3S/c1-6-45-39(53)28-24-30(41(55)47-16-22-71(63,64)65)38-33(26-28)50(19-11-20-69(57,58)59)35(44(38,4)5)13-10-12-34-43(2,3)37-31(42(56)48-17-23-72(66,67)68)25-29(40(54)46-15-21-70(60,61)62)27-32(37)49(34)18-9-7-8-14-36(51)52;;1-4(2)3/h10,12-13,24-27H,6-9,11,14-23H2,1-5H3,(H8-,45,46,47,48,51,52,53,54,55,56,57,58,59,60,61,62,63,64,65,66,67,68);1H4;. The number of rotatable bonds is 26. The molecule has 2 aromatic carbocycles. The number of allylic oxidation sites excluding steroid dienone is 4. The third-order valence-corrected chi connectivity index (χ3v) is 14.7. The second-order valence-electron chi connectivity index (χ2n) is 18.2. The number of nitrogens with one attached hydrogen (secondary N) is 4. The highest BCUT2D eigenvalue weighted by atomic mass is 32.2. The molecule has 0 unspecified atom stereocenters. The summed E-state index contributed by atoms with van der Waals surface area (Å²) in [7, 11) is -21.3. The van der Waals surface area contributed by atoms with Crippen molar-refractivity contribution in [1.82, 2.24) is 21.3 Å². The SMILES string of the molecule is C.CCNC(=O)c1cc(C(=O)NCCS(=O)(=O)O)c2c(c1)[N+](CCCS(=O)(=O)[O-])=C(/C=C/C=C1/N(CCCCCC(=O)O)c3cc(C(=O)NCCS(=O)(=O)O)cc(C(=O)NCCS(=O)(=O)O)c3C1(C)C)C2(C)C.O=S(=O)=O. The highest BCUT2D eigenvalue weighted by Crippen LogP contribution is 2.50. The Morgan fingerprint density at radius 2 is 1.13 bits per heavy atom. The molecule has 0 fully saturated rings. The molecule has 8 N–H and O–H groups in total. The van der Waals surface area contributed by atoms with Crippen molar-refractivity contribution in [2.75, 3.05) is 67.2 Å². The Hall–Kier alpha value is -6.00. The molecule has 0 spiro atoms. The van der Waals surface area contributed by atoms with Crippen LogP contribution in [-0.4, -0.2) is 172 Å². The van der Waals surface area contributed by atoms with Crippen molar-refractivity contribution in [3.63, 3.8) is 0 Å². The first-order valence-corrected chi connectivity index (χ1v) is 30.4. The van der Waals surface area contributed by atoms with Gasteiger partial charge in [-0.15, -0.1) is 12.6 Å². The summed E-state index contributed by atoms with van der Waals surface area (Å²) in [5.74, 6) is -7.39. The van der Waals surface area contributed by atoms with Gasteiger partial charge in [0.1, 0.15) is 6.54 Å². The summed E-state index contributed by atoms with van der Waals surface area (Å²) in [5.41, 5.74) is -0.425. The fraction of sp³-hybridized carbons (Fsp3) is 0.511. The van der Waals surface area contributed by atoms with Crippen LogP contribution in [0.5, 0.6) is 0 Å². The van der Waals surface area contributed by atoms with Gasteiger partial charge in [-0.3, -0.25) is 37.6 Å². The molecule has 4 amide bonds. The zero-order valence-corrected chi connectivity index (χ0v) is 45.9. The van der Waals surface area contributed by atoms with E-state index < -0.39 is 134 Å². The van der Waals surface area contributed by atoms with Gasteiger partial charge in [0.05, 0.1) is 43.9 Å². The van der Waals surface area contributed by atoms with E-state index in [4.69, 9.17) is 12.6 Å². The molecular weight excluding hydrogens is 1120 g/mol. The van der Waals surface area contributed by atoms with Crippen LogP contribution in [0.2, 0.25) is 0 Å². The Morgan fingerprint density at radius 1 is 0.662 bits per heavy atom. The molecule has 0 saturated heterocycles. The van der Waals surface area contributed by atoms with Crippen LogP contribution in [0, 0.1) is 0 Å². The molecule has 77 heavy (non-hydrogen) atoms. The fourth-order valence-electron chi connectivity index (χ4n) is 8.67. The van der Waals surface area contributed by atoms with Gasteiger partial charge in [0.25, 0.3) is 54.0 Å². The molecule has 4 rings (SSSR count). The number of carboxylic acid groups (broad SMARTS) is 1. The molecule has 27 nitrogen and oxygen atoms in total. The second kappa shape index (κ2) is 27.5. The highest BCUT2D eigenvalue weighted by molar-refractivity contribution is 7.86. The van der Waals surface area contributed by atoms with E-state index >= 15 is 0 Å². The smallest absolute Gasteiger partial charge is 0.425 e. The van der Waals surface area contributed by atoms with E-state index in [2.05, 4.69) is 21.3 Å². The van der Waals surface area contributed by atoms with E-state index in [1.54, 1.807) is 62.3 Å². The van der Waals surface area contributed by atoms with Crippen LogP contribution < -0.4 is 26.2 Å². The topological polar surface area (TPSA) is 431 Å². The van der Waals surface area contributed by atoms with Crippen molar-refractivity contribution < 1.29 is 98.2 Å². The third-order valence-electron chi connectivity index (χ3n) is 11.8. The molecule has 0 atom stereocenters. The Balaban J connectivity index is 0.00000391. The zero-order chi connectivity index (χ0) is 57.8. The first-order valence-electron chi connectivity index (χ1n) is 23.0. The van der Waals surface area contributed by atoms with Crippen LogP contribution in [0.3, 0.4) is 0 Å². The van der Waals surface area contributed by atoms with Gasteiger partial charge in [-0.25, -0.2) is 8.42 Å². The van der Waals surface area contributed by atoms with Crippen LogP contribution >= 0.6 is 0 Å². The van der Waals surface area contributed by atoms with Gasteiger partial charge < -0.3 is 35.8 Å². The summed E-state index contributed by atoms with van der Waals surface area (Å²) in [4.78, 5) is 68.0. The lowest BCUT2D eigenvalue weighted by Crippen LogP contribution is -2.33. The maximum atomic E-state index is 14.0. The largest absolute Gasteiger partial charge is 0.748 e. The van der Waals surface area contributed by atoms with Crippen molar-refractivity contribution in [2.45, 2.75) is 85.0 Å². The minimum atomic E-state index is -4.71. The van der Waals surface area contributed by atoms with E-state index in [-0.39, 0.29) is 67.8 Å². The van der Waals surface area contributed by atoms with Crippen molar-refractivity contribution in [2.24, 2.45) is 0 Å². The lowest BCUT2D eigenvalue weighted by Gasteiger charge is -2.27. The minimum Gasteiger partial charge on any atom is -0.748 e. The van der Waals surface area contributed by atoms with Crippen LogP contribution in [-0.2, 0) is 66.7 Å². The van der Waals surface area contributed by atoms with E-state index in [0.29, 0.717) is 47.5 Å². The van der Waals surface area contributed by atoms with Crippen molar-refractivity contribution in [3.05, 3.63) is 81.6 Å². The van der Waals surface area contributed by atoms with Crippen LogP contribution in [0.25, 0.3) is 0 Å². The van der Waals surface area contributed by atoms with Crippen molar-refractivity contribution in [3.8, 4) is 0 Å². The monoisotopic (exact) mass is 1180 g/mol. The molecule has 0 radical (unpaired) electrons. The fourth-order valence-corrected chi connectivity index (χ4v) is 10.2. The molecule has 0 aromatic heterocycles. The summed E-state index contributed by atoms with van der Waals surface area (Å²) in [5, 5.41) is 19.2. The number of aliphatic carboxylic acids is 1. The van der Waals surface area contributed by atoms with Crippen molar-refractivity contribution >= 4 is 97.8 Å². The zero-order valence-electron chi connectivity index (χ0n) is 41.8. The second-order valence-corrected chi connectivity index (χ2v) is 24.8. The molecule has 0 bridgehead atoms. The molecule has 0 saturated carbocycles. The first kappa shape index (κ1) is 67.1. The number of hydrogen-bond acceptors (Lipinski definition) is 18. The Morgan fingerprint density at radius 3 is 1.60 bits per heavy atom. The van der Waals surface area contributed by atoms with Crippen molar-refractivity contribution in [1.29, 1.82) is 0 Å². The molecule has 2 aliphatic heterocycles. The maximum Gasteiger partial charge on any atom is 0.425 e. The van der Waals surface area contributed by atoms with Crippen LogP contribution in [0.15, 0.2) is 48.2 Å². The number of fused-ring (bicyclic) bond motifs is 2. The number of nitrogens with zero attached hydrogens (tertiary/aromatic N) is 2. The number of unbranched alkanes of at least 4 members (excludes halogenated alkanes) is 2. The summed E-state index contributed by atoms with van der Waals surface area (Å²) >= 11 is 0. The Bertz CT molecular complexity index is 3280. The number of hydrogen-bond donors (Lipinski definition) is 8. The Labute approximate surface area is 448 Å². The predicted octanol–water partition coefficient (Wildman–Crippen LogP) is 1.12. The van der Waals surface area contributed by atoms with Crippen LogP contribution in [0.1, 0.15) is 127 Å². The molecule has 2 aliphatic rings. The van der Waals surface area contributed by atoms with E-state index in [0.717, 1.165) is 0 Å². The summed E-state index contributed by atoms with van der Waals surface area (Å²) < 4.78 is 159. The lowest BCUT2D eigenvalue weighted by atomic mass is 9.78. The number of benzene rings is 2. The molecule has 2 heterocycles. The van der Waals surface area contributed by atoms with Gasteiger partial charge in [-0.2, -0.15) is 29.8 Å². The first-order chi connectivity index (χ1) is 34.9. The van der Waals surface area contributed by atoms with Gasteiger partial charge in [0.15, 0.2) is 5.71 Å². The average molecular weight is 1190 g/mol. The summed E-state index contributed by atoms with van der Waals surface area (Å²) in [6.07, 6.45) is 5.71. The van der Waals surface area contributed by atoms with Gasteiger partial charge in [-0.1, -0.05) is 33.8 Å². The van der Waals surface area contributed by atoms with Gasteiger partial charge >= 0.3 is 16.6 Å². The number of anilines is 1. The highest BCUT2D eigenvalue weighted by Gasteiger charge is 2.48. The molecule has 2 aromatic rings. The van der Waals surface area contributed by atoms with E-state index in [9.17, 15) is 81.0 Å². The van der Waals surface area contributed by atoms with Gasteiger partial charge in [0, 0.05) is 103 Å². The number of carboxylic acids is 1. The summed E-state index contributed by atoms with van der Waals surface area (Å²) in [6, 6.07) is 5.47. The quantitative estimate of drug-likeness (QED) is 0.0371. The van der Waals surface area contributed by atoms with Crippen LogP contribution in [0.4, 0.5) is 11.4 Å². The van der Waals surface area contributed by atoms with Gasteiger partial charge in [0.2, 0.25) is 5.69 Å². The molecule has 32 heteroatoms. The maximum absolute atomic E-state index is 14.0. The Kier molecular flexibility index (Phi) is 24.0. The molecule has 430 valence electrons.